The number of nitrogens with one attached hydrogen (secondary N) is 1. The van der Waals surface area contributed by atoms with Crippen molar-refractivity contribution in [2.45, 2.75) is 45.7 Å². The van der Waals surface area contributed by atoms with Crippen LogP contribution < -0.4 is 11.2 Å². The molecule has 6 rings (SSSR count). The van der Waals surface area contributed by atoms with Crippen LogP contribution in [0, 0.1) is 0 Å². The van der Waals surface area contributed by atoms with E-state index in [4.69, 9.17) is 4.98 Å². The van der Waals surface area contributed by atoms with Crippen molar-refractivity contribution in [1.82, 2.24) is 39.3 Å². The molecule has 0 fully saturated rings. The number of hydrogen-bond donors (Lipinski definition) is 1. The maximum atomic E-state index is 13.5. The molecule has 0 saturated carbocycles. The average molecular weight is 561 g/mol. The van der Waals surface area contributed by atoms with Crippen molar-refractivity contribution in [1.29, 1.82) is 0 Å². The van der Waals surface area contributed by atoms with Crippen molar-refractivity contribution < 1.29 is 0 Å². The van der Waals surface area contributed by atoms with Gasteiger partial charge in [-0.05, 0) is 45.5 Å². The van der Waals surface area contributed by atoms with Gasteiger partial charge in [-0.3, -0.25) is 13.9 Å². The van der Waals surface area contributed by atoms with E-state index in [0.717, 1.165) is 52.9 Å². The first kappa shape index (κ1) is 27.1. The summed E-state index contributed by atoms with van der Waals surface area (Å²) < 4.78 is 4.84. The second-order valence-corrected chi connectivity index (χ2v) is 10.4. The highest BCUT2D eigenvalue weighted by Crippen LogP contribution is 2.30. The van der Waals surface area contributed by atoms with Crippen LogP contribution in [0.4, 0.5) is 0 Å². The Kier molecular flexibility index (Phi) is 7.59. The van der Waals surface area contributed by atoms with Gasteiger partial charge in [-0.25, -0.2) is 14.9 Å². The molecule has 0 aliphatic rings. The molecule has 0 amide bonds. The van der Waals surface area contributed by atoms with Gasteiger partial charge >= 0.3 is 5.69 Å². The SMILES string of the molecule is CCCCc1nc2c(c(=O)n(C)c(=O)n2CCc2ccccc2)n1Cc1ccc(-c2ccccc2-c2nnn[nH]2)cc1. The number of aromatic nitrogens is 8. The second kappa shape index (κ2) is 11.8. The summed E-state index contributed by atoms with van der Waals surface area (Å²) in [4.78, 5) is 31.7. The predicted molar refractivity (Wildman–Crippen MR) is 162 cm³/mol. The van der Waals surface area contributed by atoms with Crippen LogP contribution in [0.1, 0.15) is 36.7 Å². The van der Waals surface area contributed by atoms with Crippen LogP contribution in [0.15, 0.2) is 88.5 Å². The third kappa shape index (κ3) is 5.18. The van der Waals surface area contributed by atoms with E-state index in [-0.39, 0.29) is 11.2 Å². The molecule has 10 heteroatoms. The van der Waals surface area contributed by atoms with Gasteiger partial charge in [-0.2, -0.15) is 0 Å². The van der Waals surface area contributed by atoms with Gasteiger partial charge in [0.15, 0.2) is 17.0 Å². The topological polar surface area (TPSA) is 116 Å². The Bertz CT molecular complexity index is 1940. The molecular formula is C32H32N8O2. The van der Waals surface area contributed by atoms with Gasteiger partial charge in [-0.1, -0.05) is 92.2 Å². The van der Waals surface area contributed by atoms with Crippen molar-refractivity contribution in [3.05, 3.63) is 117 Å². The minimum Gasteiger partial charge on any atom is -0.318 e. The molecule has 0 saturated heterocycles. The Morgan fingerprint density at radius 1 is 0.810 bits per heavy atom. The standard InChI is InChI=1S/C32H32N8O2/c1-3-4-14-27-33-30-28(31(41)38(2)32(42)39(30)20-19-22-10-6-5-7-11-22)40(27)21-23-15-17-24(18-16-23)25-12-8-9-13-26(25)29-34-36-37-35-29/h5-13,15-18H,3-4,14,19-21H2,1-2H3,(H,34,35,36,37). The Morgan fingerprint density at radius 3 is 2.26 bits per heavy atom. The number of benzene rings is 3. The van der Waals surface area contributed by atoms with Gasteiger partial charge in [-0.15, -0.1) is 5.10 Å². The third-order valence-electron chi connectivity index (χ3n) is 7.66. The first-order chi connectivity index (χ1) is 20.5. The second-order valence-electron chi connectivity index (χ2n) is 10.4. The smallest absolute Gasteiger partial charge is 0.318 e. The maximum Gasteiger partial charge on any atom is 0.332 e. The summed E-state index contributed by atoms with van der Waals surface area (Å²) in [7, 11) is 1.54. The lowest BCUT2D eigenvalue weighted by Crippen LogP contribution is -2.39. The Labute approximate surface area is 242 Å². The van der Waals surface area contributed by atoms with Gasteiger partial charge in [0.05, 0.1) is 0 Å². The monoisotopic (exact) mass is 560 g/mol. The van der Waals surface area contributed by atoms with Crippen molar-refractivity contribution in [2.24, 2.45) is 7.05 Å². The molecule has 0 unspecified atom stereocenters. The van der Waals surface area contributed by atoms with Crippen molar-refractivity contribution in [3.63, 3.8) is 0 Å². The van der Waals surface area contributed by atoms with E-state index in [1.54, 1.807) is 11.6 Å². The number of fused-ring (bicyclic) bond motifs is 1. The van der Waals surface area contributed by atoms with Gasteiger partial charge in [0.1, 0.15) is 5.82 Å². The summed E-state index contributed by atoms with van der Waals surface area (Å²) in [6.07, 6.45) is 3.32. The summed E-state index contributed by atoms with van der Waals surface area (Å²) in [5.41, 5.74) is 5.34. The number of aryl methyl sites for hydroxylation is 3. The minimum absolute atomic E-state index is 0.326. The third-order valence-corrected chi connectivity index (χ3v) is 7.66. The molecule has 0 radical (unpaired) electrons. The first-order valence-electron chi connectivity index (χ1n) is 14.2. The van der Waals surface area contributed by atoms with Crippen molar-refractivity contribution >= 4 is 11.2 Å². The zero-order valence-corrected chi connectivity index (χ0v) is 23.7. The number of aromatic amines is 1. The zero-order chi connectivity index (χ0) is 29.1. The largest absolute Gasteiger partial charge is 0.332 e. The molecule has 1 N–H and O–H groups in total. The highest BCUT2D eigenvalue weighted by atomic mass is 16.2. The number of nitrogens with zero attached hydrogens (tertiary/aromatic N) is 7. The molecular weight excluding hydrogens is 528 g/mol. The Hall–Kier alpha value is -5.12. The lowest BCUT2D eigenvalue weighted by atomic mass is 9.98. The highest BCUT2D eigenvalue weighted by molar-refractivity contribution is 5.80. The summed E-state index contributed by atoms with van der Waals surface area (Å²) in [6.45, 7) is 3.04. The summed E-state index contributed by atoms with van der Waals surface area (Å²) in [6, 6.07) is 26.3. The summed E-state index contributed by atoms with van der Waals surface area (Å²) >= 11 is 0. The molecule has 42 heavy (non-hydrogen) atoms. The molecule has 0 atom stereocenters. The van der Waals surface area contributed by atoms with E-state index in [2.05, 4.69) is 51.8 Å². The molecule has 212 valence electrons. The Balaban J connectivity index is 1.39. The zero-order valence-electron chi connectivity index (χ0n) is 23.7. The number of rotatable bonds is 10. The molecule has 0 aliphatic heterocycles. The van der Waals surface area contributed by atoms with Crippen LogP contribution in [0.5, 0.6) is 0 Å². The van der Waals surface area contributed by atoms with Crippen LogP contribution >= 0.6 is 0 Å². The molecule has 0 bridgehead atoms. The van der Waals surface area contributed by atoms with Crippen LogP contribution in [0.25, 0.3) is 33.7 Å². The van der Waals surface area contributed by atoms with Crippen LogP contribution in [0.2, 0.25) is 0 Å². The summed E-state index contributed by atoms with van der Waals surface area (Å²) in [5, 5.41) is 14.4. The van der Waals surface area contributed by atoms with E-state index in [1.807, 2.05) is 59.2 Å². The van der Waals surface area contributed by atoms with Gasteiger partial charge in [0, 0.05) is 32.1 Å². The molecule has 10 nitrogen and oxygen atoms in total. The van der Waals surface area contributed by atoms with E-state index in [9.17, 15) is 9.59 Å². The predicted octanol–water partition coefficient (Wildman–Crippen LogP) is 4.38. The van der Waals surface area contributed by atoms with Crippen molar-refractivity contribution in [3.8, 4) is 22.5 Å². The number of unbranched alkanes of at least 4 members (excludes halogenated alkanes) is 1. The number of tetrazole rings is 1. The molecule has 3 aromatic heterocycles. The molecule has 6 aromatic rings. The van der Waals surface area contributed by atoms with E-state index < -0.39 is 0 Å². The van der Waals surface area contributed by atoms with E-state index >= 15 is 0 Å². The van der Waals surface area contributed by atoms with Crippen LogP contribution in [-0.2, 0) is 33.0 Å². The fourth-order valence-electron chi connectivity index (χ4n) is 5.37. The van der Waals surface area contributed by atoms with Gasteiger partial charge in [0.25, 0.3) is 5.56 Å². The fraction of sp³-hybridized carbons (Fsp3) is 0.250. The summed E-state index contributed by atoms with van der Waals surface area (Å²) in [5.74, 6) is 1.42. The van der Waals surface area contributed by atoms with Crippen molar-refractivity contribution in [2.75, 3.05) is 0 Å². The lowest BCUT2D eigenvalue weighted by molar-refractivity contribution is 0.619. The van der Waals surface area contributed by atoms with E-state index in [0.29, 0.717) is 36.5 Å². The van der Waals surface area contributed by atoms with Crippen LogP contribution in [0.3, 0.4) is 0 Å². The minimum atomic E-state index is -0.347. The molecule has 3 heterocycles. The van der Waals surface area contributed by atoms with Gasteiger partial charge in [0.2, 0.25) is 0 Å². The fourth-order valence-corrected chi connectivity index (χ4v) is 5.37. The lowest BCUT2D eigenvalue weighted by Gasteiger charge is -2.12. The van der Waals surface area contributed by atoms with E-state index in [1.165, 1.54) is 4.57 Å². The quantitative estimate of drug-likeness (QED) is 0.266. The molecule has 3 aromatic carbocycles. The normalized spacial score (nSPS) is 11.4. The number of hydrogen-bond acceptors (Lipinski definition) is 6. The highest BCUT2D eigenvalue weighted by Gasteiger charge is 2.21. The molecule has 0 spiro atoms. The van der Waals surface area contributed by atoms with Gasteiger partial charge < -0.3 is 4.57 Å². The maximum absolute atomic E-state index is 13.5. The van der Waals surface area contributed by atoms with Crippen LogP contribution in [-0.4, -0.2) is 39.3 Å². The number of imidazole rings is 1. The number of H-pyrrole nitrogens is 1. The first-order valence-corrected chi connectivity index (χ1v) is 14.2. The molecule has 0 aliphatic carbocycles. The Morgan fingerprint density at radius 2 is 1.55 bits per heavy atom. The average Bonchev–Trinajstić information content (AvgIpc) is 3.69.